The van der Waals surface area contributed by atoms with Gasteiger partial charge < -0.3 is 9.67 Å². The summed E-state index contributed by atoms with van der Waals surface area (Å²) in [6, 6.07) is 10.5. The van der Waals surface area contributed by atoms with Gasteiger partial charge in [-0.3, -0.25) is 4.79 Å². The Morgan fingerprint density at radius 2 is 1.85 bits per heavy atom. The van der Waals surface area contributed by atoms with Crippen LogP contribution in [0.25, 0.3) is 11.0 Å². The summed E-state index contributed by atoms with van der Waals surface area (Å²) in [4.78, 5) is 16.0. The maximum absolute atomic E-state index is 12.3. The van der Waals surface area contributed by atoms with E-state index in [0.717, 1.165) is 27.9 Å². The molecule has 3 rings (SSSR count). The molecule has 0 aliphatic carbocycles. The molecule has 0 unspecified atom stereocenters. The lowest BCUT2D eigenvalue weighted by Gasteiger charge is -2.11. The van der Waals surface area contributed by atoms with Gasteiger partial charge in [-0.15, -0.1) is 0 Å². The molecule has 0 fully saturated rings. The second kappa shape index (κ2) is 7.15. The van der Waals surface area contributed by atoms with Gasteiger partial charge in [0.2, 0.25) is 0 Å². The third-order valence-electron chi connectivity index (χ3n) is 4.75. The Morgan fingerprint density at radius 1 is 1.19 bits per heavy atom. The molecule has 6 nitrogen and oxygen atoms in total. The first-order chi connectivity index (χ1) is 12.7. The molecule has 0 saturated heterocycles. The third-order valence-corrected chi connectivity index (χ3v) is 6.92. The van der Waals surface area contributed by atoms with Crippen LogP contribution in [0.3, 0.4) is 0 Å². The van der Waals surface area contributed by atoms with Crippen LogP contribution in [-0.2, 0) is 27.6 Å². The Bertz CT molecular complexity index is 1100. The Kier molecular flexibility index (Phi) is 5.06. The summed E-state index contributed by atoms with van der Waals surface area (Å²) in [6.07, 6.45) is 1.62. The van der Waals surface area contributed by atoms with E-state index in [4.69, 9.17) is 0 Å². The fourth-order valence-corrected chi connectivity index (χ4v) is 4.23. The minimum Gasteiger partial charge on any atom is -0.481 e. The van der Waals surface area contributed by atoms with E-state index in [1.165, 1.54) is 0 Å². The highest BCUT2D eigenvalue weighted by atomic mass is 32.2. The number of nitrogens with zero attached hydrogens (tertiary/aromatic N) is 2. The number of hydrogen-bond acceptors (Lipinski definition) is 4. The molecular weight excluding hydrogens is 364 g/mol. The number of aliphatic carboxylic acids is 1. The van der Waals surface area contributed by atoms with Crippen molar-refractivity contribution in [1.29, 1.82) is 0 Å². The standard InChI is InChI=1S/C20H22N2O4S/c1-13(2)27(25,26)16-8-6-15(7-9-16)12-22-14(3)18(11-19(23)24)17-5-4-10-21-20(17)22/h4-10,13H,11-12H2,1-3H3,(H,23,24). The minimum atomic E-state index is -3.30. The van der Waals surface area contributed by atoms with Crippen molar-refractivity contribution in [2.75, 3.05) is 0 Å². The summed E-state index contributed by atoms with van der Waals surface area (Å²) in [5, 5.41) is 9.57. The van der Waals surface area contributed by atoms with Gasteiger partial charge in [-0.25, -0.2) is 13.4 Å². The quantitative estimate of drug-likeness (QED) is 0.703. The van der Waals surface area contributed by atoms with Crippen LogP contribution in [0.5, 0.6) is 0 Å². The van der Waals surface area contributed by atoms with Gasteiger partial charge in [0, 0.05) is 23.8 Å². The van der Waals surface area contributed by atoms with Crippen molar-refractivity contribution in [3.63, 3.8) is 0 Å². The molecule has 2 heterocycles. The van der Waals surface area contributed by atoms with Crippen LogP contribution in [0, 0.1) is 6.92 Å². The van der Waals surface area contributed by atoms with E-state index in [2.05, 4.69) is 4.98 Å². The Hall–Kier alpha value is -2.67. The Morgan fingerprint density at radius 3 is 2.44 bits per heavy atom. The second-order valence-electron chi connectivity index (χ2n) is 6.83. The predicted molar refractivity (Wildman–Crippen MR) is 104 cm³/mol. The van der Waals surface area contributed by atoms with Crippen molar-refractivity contribution in [2.45, 2.75) is 43.9 Å². The number of rotatable bonds is 6. The zero-order valence-corrected chi connectivity index (χ0v) is 16.3. The van der Waals surface area contributed by atoms with E-state index in [0.29, 0.717) is 11.4 Å². The number of fused-ring (bicyclic) bond motifs is 1. The largest absolute Gasteiger partial charge is 0.481 e. The highest BCUT2D eigenvalue weighted by Gasteiger charge is 2.20. The molecule has 0 saturated carbocycles. The summed E-state index contributed by atoms with van der Waals surface area (Å²) in [5.74, 6) is -0.885. The molecule has 0 radical (unpaired) electrons. The van der Waals surface area contributed by atoms with Crippen LogP contribution in [0.4, 0.5) is 0 Å². The second-order valence-corrected chi connectivity index (χ2v) is 9.34. The molecular formula is C20H22N2O4S. The highest BCUT2D eigenvalue weighted by Crippen LogP contribution is 2.26. The first-order valence-electron chi connectivity index (χ1n) is 8.69. The number of aromatic nitrogens is 2. The van der Waals surface area contributed by atoms with Gasteiger partial charge in [-0.05, 0) is 56.2 Å². The number of carbonyl (C=O) groups is 1. The van der Waals surface area contributed by atoms with E-state index >= 15 is 0 Å². The molecule has 0 aliphatic rings. The Balaban J connectivity index is 2.00. The van der Waals surface area contributed by atoms with Gasteiger partial charge in [0.1, 0.15) is 5.65 Å². The number of benzene rings is 1. The molecule has 1 N–H and O–H groups in total. The molecule has 142 valence electrons. The summed E-state index contributed by atoms with van der Waals surface area (Å²) in [6.45, 7) is 5.70. The lowest BCUT2D eigenvalue weighted by molar-refractivity contribution is -0.136. The van der Waals surface area contributed by atoms with Crippen molar-refractivity contribution in [3.8, 4) is 0 Å². The topological polar surface area (TPSA) is 89.3 Å². The molecule has 0 amide bonds. The van der Waals surface area contributed by atoms with Crippen molar-refractivity contribution in [3.05, 3.63) is 59.4 Å². The van der Waals surface area contributed by atoms with E-state index in [1.54, 1.807) is 50.4 Å². The molecule has 3 aromatic rings. The maximum Gasteiger partial charge on any atom is 0.307 e. The first kappa shape index (κ1) is 19.1. The number of pyridine rings is 1. The predicted octanol–water partition coefficient (Wildman–Crippen LogP) is 3.20. The average molecular weight is 386 g/mol. The van der Waals surface area contributed by atoms with Gasteiger partial charge in [0.05, 0.1) is 16.6 Å². The summed E-state index contributed by atoms with van der Waals surface area (Å²) in [5.41, 5.74) is 3.25. The maximum atomic E-state index is 12.3. The van der Waals surface area contributed by atoms with E-state index in [1.807, 2.05) is 17.6 Å². The van der Waals surface area contributed by atoms with Crippen molar-refractivity contribution in [1.82, 2.24) is 9.55 Å². The molecule has 27 heavy (non-hydrogen) atoms. The van der Waals surface area contributed by atoms with Crippen LogP contribution in [0.1, 0.15) is 30.7 Å². The number of carboxylic acid groups (broad SMARTS) is 1. The fraction of sp³-hybridized carbons (Fsp3) is 0.300. The van der Waals surface area contributed by atoms with E-state index < -0.39 is 21.1 Å². The molecule has 1 aromatic carbocycles. The zero-order valence-electron chi connectivity index (χ0n) is 15.5. The van der Waals surface area contributed by atoms with Crippen LogP contribution >= 0.6 is 0 Å². The van der Waals surface area contributed by atoms with Gasteiger partial charge >= 0.3 is 5.97 Å². The van der Waals surface area contributed by atoms with Gasteiger partial charge in [0.25, 0.3) is 0 Å². The van der Waals surface area contributed by atoms with Gasteiger partial charge in [-0.1, -0.05) is 12.1 Å². The highest BCUT2D eigenvalue weighted by molar-refractivity contribution is 7.92. The molecule has 2 aromatic heterocycles. The third kappa shape index (κ3) is 3.60. The lowest BCUT2D eigenvalue weighted by atomic mass is 10.1. The zero-order chi connectivity index (χ0) is 19.8. The number of sulfone groups is 1. The first-order valence-corrected chi connectivity index (χ1v) is 10.2. The SMILES string of the molecule is Cc1c(CC(=O)O)c2cccnc2n1Cc1ccc(S(=O)(=O)C(C)C)cc1. The van der Waals surface area contributed by atoms with Crippen LogP contribution in [0.15, 0.2) is 47.5 Å². The number of hydrogen-bond donors (Lipinski definition) is 1. The van der Waals surface area contributed by atoms with Crippen LogP contribution in [0.2, 0.25) is 0 Å². The van der Waals surface area contributed by atoms with Crippen molar-refractivity contribution >= 4 is 26.8 Å². The van der Waals surface area contributed by atoms with Crippen LogP contribution in [-0.4, -0.2) is 34.3 Å². The normalized spacial score (nSPS) is 12.0. The summed E-state index contributed by atoms with van der Waals surface area (Å²) >= 11 is 0. The number of carboxylic acids is 1. The molecule has 0 spiro atoms. The summed E-state index contributed by atoms with van der Waals surface area (Å²) in [7, 11) is -3.30. The van der Waals surface area contributed by atoms with Gasteiger partial charge in [-0.2, -0.15) is 0 Å². The molecule has 0 atom stereocenters. The molecule has 7 heteroatoms. The Labute approximate surface area is 158 Å². The summed E-state index contributed by atoms with van der Waals surface area (Å²) < 4.78 is 26.5. The minimum absolute atomic E-state index is 0.0629. The fourth-order valence-electron chi connectivity index (χ4n) is 3.17. The van der Waals surface area contributed by atoms with E-state index in [9.17, 15) is 18.3 Å². The lowest BCUT2D eigenvalue weighted by Crippen LogP contribution is -2.14. The van der Waals surface area contributed by atoms with Crippen molar-refractivity contribution < 1.29 is 18.3 Å². The monoisotopic (exact) mass is 386 g/mol. The van der Waals surface area contributed by atoms with Gasteiger partial charge in [0.15, 0.2) is 9.84 Å². The molecule has 0 bridgehead atoms. The van der Waals surface area contributed by atoms with E-state index in [-0.39, 0.29) is 6.42 Å². The molecule has 0 aliphatic heterocycles. The smallest absolute Gasteiger partial charge is 0.307 e. The van der Waals surface area contributed by atoms with Crippen molar-refractivity contribution in [2.24, 2.45) is 0 Å². The van der Waals surface area contributed by atoms with Crippen LogP contribution < -0.4 is 0 Å². The average Bonchev–Trinajstić information content (AvgIpc) is 2.87.